The van der Waals surface area contributed by atoms with Gasteiger partial charge in [0.25, 0.3) is 11.7 Å². The molecule has 1 saturated heterocycles. The number of carbonyl (C=O) groups excluding carboxylic acids is 2. The molecular formula is C30H31NO5. The maximum atomic E-state index is 13.4. The Morgan fingerprint density at radius 1 is 0.944 bits per heavy atom. The van der Waals surface area contributed by atoms with Crippen LogP contribution in [0.3, 0.4) is 0 Å². The molecule has 0 aliphatic carbocycles. The fraction of sp³-hybridized carbons (Fsp3) is 0.267. The summed E-state index contributed by atoms with van der Waals surface area (Å²) in [6.45, 7) is 4.65. The molecule has 0 bridgehead atoms. The van der Waals surface area contributed by atoms with Gasteiger partial charge in [0.15, 0.2) is 0 Å². The van der Waals surface area contributed by atoms with Crippen molar-refractivity contribution in [2.75, 3.05) is 18.6 Å². The SMILES string of the molecule is CCCCCOc1ccc(/C(O)=C2/C(=O)C(=O)N(c3ccccc3C)C2c2cccc(OC)c2)cc1. The second kappa shape index (κ2) is 11.1. The molecule has 3 aromatic rings. The number of hydrogen-bond acceptors (Lipinski definition) is 5. The molecule has 36 heavy (non-hydrogen) atoms. The highest BCUT2D eigenvalue weighted by Gasteiger charge is 2.47. The van der Waals surface area contributed by atoms with Crippen molar-refractivity contribution in [1.29, 1.82) is 0 Å². The van der Waals surface area contributed by atoms with Crippen LogP contribution >= 0.6 is 0 Å². The molecule has 186 valence electrons. The van der Waals surface area contributed by atoms with Crippen LogP contribution in [0.5, 0.6) is 11.5 Å². The topological polar surface area (TPSA) is 76.1 Å². The van der Waals surface area contributed by atoms with Crippen LogP contribution in [-0.2, 0) is 9.59 Å². The number of aryl methyl sites for hydroxylation is 1. The molecule has 1 aliphatic heterocycles. The van der Waals surface area contributed by atoms with Gasteiger partial charge in [-0.15, -0.1) is 0 Å². The first kappa shape index (κ1) is 25.0. The molecule has 1 N–H and O–H groups in total. The van der Waals surface area contributed by atoms with Gasteiger partial charge in [0.05, 0.1) is 25.3 Å². The molecule has 1 unspecified atom stereocenters. The van der Waals surface area contributed by atoms with E-state index in [2.05, 4.69) is 6.92 Å². The Morgan fingerprint density at radius 3 is 2.39 bits per heavy atom. The minimum absolute atomic E-state index is 0.0353. The molecule has 1 fully saturated rings. The lowest BCUT2D eigenvalue weighted by molar-refractivity contribution is -0.132. The number of ketones is 1. The molecule has 6 nitrogen and oxygen atoms in total. The van der Waals surface area contributed by atoms with Gasteiger partial charge >= 0.3 is 0 Å². The molecular weight excluding hydrogens is 454 g/mol. The van der Waals surface area contributed by atoms with Gasteiger partial charge in [0.2, 0.25) is 0 Å². The molecule has 1 heterocycles. The number of Topliss-reactive ketones (excluding diaryl/α,β-unsaturated/α-hetero) is 1. The molecule has 0 radical (unpaired) electrons. The van der Waals surface area contributed by atoms with Gasteiger partial charge in [-0.3, -0.25) is 14.5 Å². The van der Waals surface area contributed by atoms with Crippen molar-refractivity contribution in [3.8, 4) is 11.5 Å². The maximum absolute atomic E-state index is 13.4. The number of aliphatic hydroxyl groups is 1. The fourth-order valence-corrected chi connectivity index (χ4v) is 4.45. The van der Waals surface area contributed by atoms with Crippen LogP contribution < -0.4 is 14.4 Å². The first-order valence-electron chi connectivity index (χ1n) is 12.2. The third-order valence-electron chi connectivity index (χ3n) is 6.37. The van der Waals surface area contributed by atoms with E-state index in [1.165, 1.54) is 4.90 Å². The number of para-hydroxylation sites is 1. The summed E-state index contributed by atoms with van der Waals surface area (Å²) in [5.74, 6) is -0.368. The first-order chi connectivity index (χ1) is 17.5. The van der Waals surface area contributed by atoms with Crippen molar-refractivity contribution in [1.82, 2.24) is 0 Å². The van der Waals surface area contributed by atoms with Crippen molar-refractivity contribution >= 4 is 23.1 Å². The second-order valence-corrected chi connectivity index (χ2v) is 8.81. The van der Waals surface area contributed by atoms with Crippen molar-refractivity contribution in [3.63, 3.8) is 0 Å². The summed E-state index contributed by atoms with van der Waals surface area (Å²) < 4.78 is 11.2. The van der Waals surface area contributed by atoms with E-state index in [9.17, 15) is 14.7 Å². The fourth-order valence-electron chi connectivity index (χ4n) is 4.45. The van der Waals surface area contributed by atoms with E-state index in [0.717, 1.165) is 24.8 Å². The van der Waals surface area contributed by atoms with Gasteiger partial charge in [0, 0.05) is 11.3 Å². The molecule has 4 rings (SSSR count). The first-order valence-corrected chi connectivity index (χ1v) is 12.2. The van der Waals surface area contributed by atoms with Gasteiger partial charge in [0.1, 0.15) is 17.3 Å². The van der Waals surface area contributed by atoms with E-state index in [-0.39, 0.29) is 11.3 Å². The Labute approximate surface area is 211 Å². The summed E-state index contributed by atoms with van der Waals surface area (Å²) in [6, 6.07) is 20.7. The number of unbranched alkanes of at least 4 members (excludes halogenated alkanes) is 2. The Hall–Kier alpha value is -4.06. The molecule has 1 atom stereocenters. The Kier molecular flexibility index (Phi) is 7.74. The van der Waals surface area contributed by atoms with Crippen LogP contribution in [-0.4, -0.2) is 30.5 Å². The summed E-state index contributed by atoms with van der Waals surface area (Å²) in [6.07, 6.45) is 3.19. The minimum Gasteiger partial charge on any atom is -0.507 e. The van der Waals surface area contributed by atoms with Gasteiger partial charge < -0.3 is 14.6 Å². The molecule has 1 amide bonds. The van der Waals surface area contributed by atoms with Crippen LogP contribution in [0.1, 0.15) is 48.9 Å². The van der Waals surface area contributed by atoms with E-state index in [1.807, 2.05) is 31.2 Å². The summed E-state index contributed by atoms with van der Waals surface area (Å²) in [5.41, 5.74) is 2.59. The van der Waals surface area contributed by atoms with Crippen LogP contribution in [0.4, 0.5) is 5.69 Å². The van der Waals surface area contributed by atoms with E-state index in [0.29, 0.717) is 34.9 Å². The number of aliphatic hydroxyl groups excluding tert-OH is 1. The number of rotatable bonds is 9. The Balaban J connectivity index is 1.78. The zero-order valence-electron chi connectivity index (χ0n) is 20.9. The lowest BCUT2D eigenvalue weighted by Crippen LogP contribution is -2.30. The third kappa shape index (κ3) is 4.98. The Bertz CT molecular complexity index is 1280. The average Bonchev–Trinajstić information content (AvgIpc) is 3.17. The largest absolute Gasteiger partial charge is 0.507 e. The van der Waals surface area contributed by atoms with E-state index >= 15 is 0 Å². The van der Waals surface area contributed by atoms with Gasteiger partial charge in [-0.2, -0.15) is 0 Å². The lowest BCUT2D eigenvalue weighted by atomic mass is 9.94. The van der Waals surface area contributed by atoms with E-state index in [1.54, 1.807) is 55.6 Å². The predicted molar refractivity (Wildman–Crippen MR) is 140 cm³/mol. The molecule has 3 aromatic carbocycles. The smallest absolute Gasteiger partial charge is 0.300 e. The van der Waals surface area contributed by atoms with Crippen LogP contribution in [0.2, 0.25) is 0 Å². The quantitative estimate of drug-likeness (QED) is 0.169. The van der Waals surface area contributed by atoms with Crippen molar-refractivity contribution in [3.05, 3.63) is 95.1 Å². The highest BCUT2D eigenvalue weighted by molar-refractivity contribution is 6.51. The maximum Gasteiger partial charge on any atom is 0.300 e. The highest BCUT2D eigenvalue weighted by atomic mass is 16.5. The lowest BCUT2D eigenvalue weighted by Gasteiger charge is -2.27. The number of anilines is 1. The number of nitrogens with zero attached hydrogens (tertiary/aromatic N) is 1. The van der Waals surface area contributed by atoms with Gasteiger partial charge in [-0.25, -0.2) is 0 Å². The van der Waals surface area contributed by atoms with Crippen LogP contribution in [0, 0.1) is 6.92 Å². The predicted octanol–water partition coefficient (Wildman–Crippen LogP) is 6.20. The summed E-state index contributed by atoms with van der Waals surface area (Å²) in [5, 5.41) is 11.3. The number of amides is 1. The Morgan fingerprint density at radius 2 is 1.69 bits per heavy atom. The molecule has 6 heteroatoms. The van der Waals surface area contributed by atoms with Gasteiger partial charge in [-0.1, -0.05) is 50.1 Å². The van der Waals surface area contributed by atoms with Crippen LogP contribution in [0.25, 0.3) is 5.76 Å². The second-order valence-electron chi connectivity index (χ2n) is 8.81. The summed E-state index contributed by atoms with van der Waals surface area (Å²) in [7, 11) is 1.56. The zero-order valence-corrected chi connectivity index (χ0v) is 20.9. The van der Waals surface area contributed by atoms with Crippen LogP contribution in [0.15, 0.2) is 78.4 Å². The van der Waals surface area contributed by atoms with E-state index in [4.69, 9.17) is 9.47 Å². The summed E-state index contributed by atoms with van der Waals surface area (Å²) in [4.78, 5) is 28.2. The normalized spacial score (nSPS) is 16.9. The van der Waals surface area contributed by atoms with Crippen molar-refractivity contribution in [2.24, 2.45) is 0 Å². The zero-order chi connectivity index (χ0) is 25.7. The number of carbonyl (C=O) groups is 2. The molecule has 0 spiro atoms. The molecule has 1 aliphatic rings. The standard InChI is InChI=1S/C30H31NO5/c1-4-5-8-18-36-23-16-14-21(15-17-23)28(32)26-27(22-11-9-12-24(19-22)35-3)31(30(34)29(26)33)25-13-7-6-10-20(25)2/h6-7,9-17,19,27,32H,4-5,8,18H2,1-3H3/b28-26-. The summed E-state index contributed by atoms with van der Waals surface area (Å²) >= 11 is 0. The number of methoxy groups -OCH3 is 1. The molecule has 0 saturated carbocycles. The average molecular weight is 486 g/mol. The number of hydrogen-bond donors (Lipinski definition) is 1. The van der Waals surface area contributed by atoms with Crippen molar-refractivity contribution in [2.45, 2.75) is 39.2 Å². The van der Waals surface area contributed by atoms with Crippen molar-refractivity contribution < 1.29 is 24.2 Å². The minimum atomic E-state index is -0.814. The van der Waals surface area contributed by atoms with E-state index < -0.39 is 17.7 Å². The third-order valence-corrected chi connectivity index (χ3v) is 6.37. The number of ether oxygens (including phenoxy) is 2. The molecule has 0 aromatic heterocycles. The monoisotopic (exact) mass is 485 g/mol. The van der Waals surface area contributed by atoms with Gasteiger partial charge in [-0.05, 0) is 66.9 Å². The number of benzene rings is 3. The highest BCUT2D eigenvalue weighted by Crippen LogP contribution is 2.43.